The number of carbonyl (C=O) groups is 2. The van der Waals surface area contributed by atoms with Gasteiger partial charge in [-0.15, -0.1) is 0 Å². The quantitative estimate of drug-likeness (QED) is 0.670. The number of amides is 2. The Morgan fingerprint density at radius 1 is 1.32 bits per heavy atom. The van der Waals surface area contributed by atoms with Gasteiger partial charge in [-0.25, -0.2) is 0 Å². The van der Waals surface area contributed by atoms with Crippen molar-refractivity contribution >= 4 is 35.2 Å². The SMILES string of the molecule is CSCCC(NC(=O)c1ccccc1Cl)C(=O)N[C@@H](C)CN. The summed E-state index contributed by atoms with van der Waals surface area (Å²) in [7, 11) is 0. The van der Waals surface area contributed by atoms with E-state index in [1.54, 1.807) is 36.0 Å². The van der Waals surface area contributed by atoms with Crippen LogP contribution in [0, 0.1) is 0 Å². The van der Waals surface area contributed by atoms with E-state index in [-0.39, 0.29) is 17.9 Å². The largest absolute Gasteiger partial charge is 0.351 e. The lowest BCUT2D eigenvalue weighted by Gasteiger charge is -2.20. The van der Waals surface area contributed by atoms with Gasteiger partial charge >= 0.3 is 0 Å². The molecule has 22 heavy (non-hydrogen) atoms. The second-order valence-corrected chi connectivity index (χ2v) is 6.33. The smallest absolute Gasteiger partial charge is 0.253 e. The number of thioether (sulfide) groups is 1. The van der Waals surface area contributed by atoms with Crippen LogP contribution in [0.15, 0.2) is 24.3 Å². The minimum atomic E-state index is -0.606. The lowest BCUT2D eigenvalue weighted by atomic mass is 10.1. The van der Waals surface area contributed by atoms with Gasteiger partial charge in [0, 0.05) is 12.6 Å². The van der Waals surface area contributed by atoms with Crippen molar-refractivity contribution in [3.8, 4) is 0 Å². The van der Waals surface area contributed by atoms with Crippen molar-refractivity contribution < 1.29 is 9.59 Å². The maximum absolute atomic E-state index is 12.3. The molecule has 0 saturated carbocycles. The minimum absolute atomic E-state index is 0.138. The Hall–Kier alpha value is -1.24. The molecule has 0 aromatic heterocycles. The topological polar surface area (TPSA) is 84.2 Å². The summed E-state index contributed by atoms with van der Waals surface area (Å²) in [5.41, 5.74) is 5.87. The molecule has 4 N–H and O–H groups in total. The molecule has 1 aromatic carbocycles. The first kappa shape index (κ1) is 18.8. The van der Waals surface area contributed by atoms with Crippen LogP contribution in [0.5, 0.6) is 0 Å². The molecule has 0 bridgehead atoms. The van der Waals surface area contributed by atoms with Crippen molar-refractivity contribution in [2.24, 2.45) is 5.73 Å². The van der Waals surface area contributed by atoms with E-state index in [4.69, 9.17) is 17.3 Å². The van der Waals surface area contributed by atoms with E-state index in [2.05, 4.69) is 10.6 Å². The highest BCUT2D eigenvalue weighted by Gasteiger charge is 2.22. The second kappa shape index (κ2) is 9.71. The van der Waals surface area contributed by atoms with Gasteiger partial charge in [0.25, 0.3) is 5.91 Å². The summed E-state index contributed by atoms with van der Waals surface area (Å²) in [5, 5.41) is 5.90. The third-order valence-electron chi connectivity index (χ3n) is 3.09. The van der Waals surface area contributed by atoms with E-state index in [1.807, 2.05) is 13.2 Å². The van der Waals surface area contributed by atoms with Gasteiger partial charge < -0.3 is 16.4 Å². The van der Waals surface area contributed by atoms with E-state index in [0.717, 1.165) is 5.75 Å². The number of halogens is 1. The van der Waals surface area contributed by atoms with E-state index in [1.165, 1.54) is 0 Å². The number of hydrogen-bond acceptors (Lipinski definition) is 4. The van der Waals surface area contributed by atoms with Crippen molar-refractivity contribution in [2.45, 2.75) is 25.4 Å². The number of benzene rings is 1. The third-order valence-corrected chi connectivity index (χ3v) is 4.07. The molecule has 1 rings (SSSR count). The van der Waals surface area contributed by atoms with Crippen LogP contribution in [-0.4, -0.2) is 42.5 Å². The molecular formula is C15H22ClN3O2S. The lowest BCUT2D eigenvalue weighted by molar-refractivity contribution is -0.123. The molecule has 1 unspecified atom stereocenters. The number of hydrogen-bond donors (Lipinski definition) is 3. The Morgan fingerprint density at radius 3 is 2.59 bits per heavy atom. The summed E-state index contributed by atoms with van der Waals surface area (Å²) < 4.78 is 0. The van der Waals surface area contributed by atoms with Gasteiger partial charge in [0.2, 0.25) is 5.91 Å². The Morgan fingerprint density at radius 2 is 2.00 bits per heavy atom. The first-order valence-corrected chi connectivity index (χ1v) is 8.81. The fraction of sp³-hybridized carbons (Fsp3) is 0.467. The third kappa shape index (κ3) is 5.87. The monoisotopic (exact) mass is 343 g/mol. The van der Waals surface area contributed by atoms with E-state index in [0.29, 0.717) is 23.6 Å². The number of nitrogens with one attached hydrogen (secondary N) is 2. The highest BCUT2D eigenvalue weighted by atomic mass is 35.5. The van der Waals surface area contributed by atoms with Gasteiger partial charge in [0.15, 0.2) is 0 Å². The first-order valence-electron chi connectivity index (χ1n) is 7.04. The van der Waals surface area contributed by atoms with Crippen molar-refractivity contribution in [1.29, 1.82) is 0 Å². The van der Waals surface area contributed by atoms with Crippen LogP contribution >= 0.6 is 23.4 Å². The molecule has 0 radical (unpaired) electrons. The highest BCUT2D eigenvalue weighted by Crippen LogP contribution is 2.15. The van der Waals surface area contributed by atoms with Gasteiger partial charge in [0.05, 0.1) is 10.6 Å². The highest BCUT2D eigenvalue weighted by molar-refractivity contribution is 7.98. The Bertz CT molecular complexity index is 513. The van der Waals surface area contributed by atoms with Crippen molar-refractivity contribution in [2.75, 3.05) is 18.6 Å². The van der Waals surface area contributed by atoms with Crippen LogP contribution < -0.4 is 16.4 Å². The lowest BCUT2D eigenvalue weighted by Crippen LogP contribution is -2.50. The standard InChI is InChI=1S/C15H22ClN3O2S/c1-10(9-17)18-15(21)13(7-8-22-2)19-14(20)11-5-3-4-6-12(11)16/h3-6,10,13H,7-9,17H2,1-2H3,(H,18,21)(H,19,20)/t10-,13?/m0/s1. The molecule has 5 nitrogen and oxygen atoms in total. The van der Waals surface area contributed by atoms with Crippen molar-refractivity contribution in [1.82, 2.24) is 10.6 Å². The summed E-state index contributed by atoms with van der Waals surface area (Å²) in [5.74, 6) is 0.178. The predicted molar refractivity (Wildman–Crippen MR) is 92.4 cm³/mol. The van der Waals surface area contributed by atoms with Crippen molar-refractivity contribution in [3.05, 3.63) is 34.9 Å². The molecule has 0 heterocycles. The van der Waals surface area contributed by atoms with Crippen LogP contribution in [-0.2, 0) is 4.79 Å². The van der Waals surface area contributed by atoms with E-state index in [9.17, 15) is 9.59 Å². The molecule has 0 spiro atoms. The van der Waals surface area contributed by atoms with Crippen molar-refractivity contribution in [3.63, 3.8) is 0 Å². The summed E-state index contributed by atoms with van der Waals surface area (Å²) in [6.07, 6.45) is 2.49. The molecule has 0 saturated heterocycles. The van der Waals surface area contributed by atoms with Gasteiger partial charge in [-0.1, -0.05) is 23.7 Å². The van der Waals surface area contributed by atoms with Crippen LogP contribution in [0.4, 0.5) is 0 Å². The molecule has 2 amide bonds. The molecule has 2 atom stereocenters. The average Bonchev–Trinajstić information content (AvgIpc) is 2.51. The minimum Gasteiger partial charge on any atom is -0.351 e. The molecule has 0 fully saturated rings. The summed E-state index contributed by atoms with van der Waals surface area (Å²) in [4.78, 5) is 24.5. The zero-order valence-electron chi connectivity index (χ0n) is 12.8. The van der Waals surface area contributed by atoms with Gasteiger partial charge in [-0.2, -0.15) is 11.8 Å². The summed E-state index contributed by atoms with van der Waals surface area (Å²) in [6, 6.07) is 6.01. The normalized spacial score (nSPS) is 13.3. The van der Waals surface area contributed by atoms with Crippen LogP contribution in [0.1, 0.15) is 23.7 Å². The summed E-state index contributed by atoms with van der Waals surface area (Å²) in [6.45, 7) is 2.17. The van der Waals surface area contributed by atoms with Gasteiger partial charge in [-0.3, -0.25) is 9.59 Å². The van der Waals surface area contributed by atoms with Crippen LogP contribution in [0.2, 0.25) is 5.02 Å². The average molecular weight is 344 g/mol. The molecule has 0 aliphatic heterocycles. The Kier molecular flexibility index (Phi) is 8.30. The van der Waals surface area contributed by atoms with E-state index < -0.39 is 6.04 Å². The molecular weight excluding hydrogens is 322 g/mol. The predicted octanol–water partition coefficient (Wildman–Crippen LogP) is 1.65. The zero-order chi connectivity index (χ0) is 16.5. The fourth-order valence-corrected chi connectivity index (χ4v) is 2.48. The molecule has 0 aliphatic carbocycles. The maximum Gasteiger partial charge on any atom is 0.253 e. The fourth-order valence-electron chi connectivity index (χ4n) is 1.79. The maximum atomic E-state index is 12.3. The van der Waals surface area contributed by atoms with Crippen LogP contribution in [0.3, 0.4) is 0 Å². The zero-order valence-corrected chi connectivity index (χ0v) is 14.3. The molecule has 1 aromatic rings. The Balaban J connectivity index is 2.78. The van der Waals surface area contributed by atoms with Crippen LogP contribution in [0.25, 0.3) is 0 Å². The number of carbonyl (C=O) groups excluding carboxylic acids is 2. The van der Waals surface area contributed by atoms with E-state index >= 15 is 0 Å². The number of rotatable bonds is 8. The number of nitrogens with two attached hydrogens (primary N) is 1. The van der Waals surface area contributed by atoms with Gasteiger partial charge in [0.1, 0.15) is 6.04 Å². The molecule has 122 valence electrons. The Labute approximate surface area is 140 Å². The molecule has 0 aliphatic rings. The van der Waals surface area contributed by atoms with Gasteiger partial charge in [-0.05, 0) is 37.5 Å². The second-order valence-electron chi connectivity index (χ2n) is 4.93. The molecule has 7 heteroatoms. The first-order chi connectivity index (χ1) is 10.5. The summed E-state index contributed by atoms with van der Waals surface area (Å²) >= 11 is 7.63.